The maximum absolute atomic E-state index is 13.5. The van der Waals surface area contributed by atoms with Crippen molar-refractivity contribution in [1.82, 2.24) is 20.4 Å². The van der Waals surface area contributed by atoms with Gasteiger partial charge in [0.25, 0.3) is 11.8 Å². The smallest absolute Gasteiger partial charge is 0.379 e. The number of carbonyl (C=O) groups excluding carboxylic acids is 2. The van der Waals surface area contributed by atoms with E-state index in [9.17, 15) is 22.8 Å². The molecule has 55 heavy (non-hydrogen) atoms. The van der Waals surface area contributed by atoms with Gasteiger partial charge in [-0.15, -0.1) is 16.7 Å². The van der Waals surface area contributed by atoms with Crippen molar-refractivity contribution in [2.45, 2.75) is 38.4 Å². The highest BCUT2D eigenvalue weighted by Gasteiger charge is 2.33. The minimum Gasteiger partial charge on any atom is -0.379 e. The molecule has 1 aliphatic heterocycles. The third kappa shape index (κ3) is 13.0. The van der Waals surface area contributed by atoms with Crippen molar-refractivity contribution in [1.29, 1.82) is 0 Å². The maximum atomic E-state index is 13.5. The summed E-state index contributed by atoms with van der Waals surface area (Å²) < 4.78 is 58.0. The summed E-state index contributed by atoms with van der Waals surface area (Å²) in [7, 11) is 0. The number of hydrogen-bond donors (Lipinski definition) is 2. The summed E-state index contributed by atoms with van der Waals surface area (Å²) in [5.41, 5.74) is 4.54. The Balaban J connectivity index is 1.20. The Morgan fingerprint density at radius 3 is 2.38 bits per heavy atom. The van der Waals surface area contributed by atoms with Crippen molar-refractivity contribution >= 4 is 52.6 Å². The fourth-order valence-electron chi connectivity index (χ4n) is 5.74. The summed E-state index contributed by atoms with van der Waals surface area (Å²) in [6.07, 6.45) is 1.96. The van der Waals surface area contributed by atoms with Gasteiger partial charge in [0.05, 0.1) is 79.9 Å². The number of nitrogens with one attached hydrogen (secondary N) is 2. The molecule has 0 atom stereocenters. The molecule has 12 nitrogen and oxygen atoms in total. The molecule has 3 aromatic carbocycles. The van der Waals surface area contributed by atoms with Gasteiger partial charge in [-0.1, -0.05) is 35.0 Å². The molecule has 5 rings (SSSR count). The normalized spacial score (nSPS) is 13.4. The lowest BCUT2D eigenvalue weighted by atomic mass is 10.1. The summed E-state index contributed by atoms with van der Waals surface area (Å²) in [5, 5.41) is 14.7. The topological polar surface area (TPSA) is 132 Å². The number of halogens is 5. The number of nitrogens with zero attached hydrogens (tertiary/aromatic N) is 5. The fraction of sp³-hybridized carbons (Fsp3) is 0.395. The molecular formula is C38H42Cl2F3N7O5. The van der Waals surface area contributed by atoms with E-state index in [-0.39, 0.29) is 16.8 Å². The standard InChI is InChI=1S/C38H42Cl2F3N7O5/c39-12-16-54-18-20-55-19-17-53-15-11-30-26-50(48-46-30)25-28-5-4-6-29(21-28)36(51)45-35-10-8-31(49-13-2-1-3-14-49)23-32(35)37(52)47-44-24-27-7-9-34(40)33(22-27)38(41,42)43/h4-10,21-24,26H,1-3,11-20,25H2,(H,45,51)(H,47,52)/b44-24-. The lowest BCUT2D eigenvalue weighted by molar-refractivity contribution is -0.137. The van der Waals surface area contributed by atoms with Crippen LogP contribution in [-0.2, 0) is 33.4 Å². The van der Waals surface area contributed by atoms with E-state index in [2.05, 4.69) is 31.1 Å². The fourth-order valence-corrected chi connectivity index (χ4v) is 6.07. The molecule has 2 N–H and O–H groups in total. The van der Waals surface area contributed by atoms with Crippen LogP contribution >= 0.6 is 23.2 Å². The molecule has 4 aromatic rings. The van der Waals surface area contributed by atoms with Gasteiger partial charge in [0.15, 0.2) is 0 Å². The van der Waals surface area contributed by atoms with Crippen molar-refractivity contribution in [2.75, 3.05) is 68.8 Å². The molecular weight excluding hydrogens is 762 g/mol. The number of rotatable bonds is 19. The van der Waals surface area contributed by atoms with Gasteiger partial charge < -0.3 is 24.4 Å². The molecule has 0 aliphatic carbocycles. The molecule has 0 bridgehead atoms. The summed E-state index contributed by atoms with van der Waals surface area (Å²) in [6, 6.07) is 15.5. The number of anilines is 2. The lowest BCUT2D eigenvalue weighted by Crippen LogP contribution is -2.30. The Hall–Kier alpha value is -4.54. The molecule has 1 aliphatic rings. The molecule has 17 heteroatoms. The van der Waals surface area contributed by atoms with Gasteiger partial charge in [-0.2, -0.15) is 18.3 Å². The Morgan fingerprint density at radius 1 is 0.891 bits per heavy atom. The highest BCUT2D eigenvalue weighted by Crippen LogP contribution is 2.35. The minimum absolute atomic E-state index is 0.0851. The molecule has 2 amide bonds. The minimum atomic E-state index is -4.65. The van der Waals surface area contributed by atoms with Crippen molar-refractivity contribution in [2.24, 2.45) is 5.10 Å². The Kier molecular flexibility index (Phi) is 15.9. The number of ether oxygens (including phenoxy) is 3. The van der Waals surface area contributed by atoms with Crippen LogP contribution in [0.3, 0.4) is 0 Å². The number of alkyl halides is 4. The second-order valence-electron chi connectivity index (χ2n) is 12.6. The zero-order valence-electron chi connectivity index (χ0n) is 30.0. The van der Waals surface area contributed by atoms with Crippen LogP contribution in [0.1, 0.15) is 62.4 Å². The van der Waals surface area contributed by atoms with Gasteiger partial charge >= 0.3 is 6.18 Å². The van der Waals surface area contributed by atoms with Gasteiger partial charge in [0, 0.05) is 42.8 Å². The average Bonchev–Trinajstić information content (AvgIpc) is 3.63. The van der Waals surface area contributed by atoms with Gasteiger partial charge in [-0.25, -0.2) is 10.1 Å². The molecule has 2 heterocycles. The van der Waals surface area contributed by atoms with E-state index in [1.165, 1.54) is 6.07 Å². The van der Waals surface area contributed by atoms with Crippen LogP contribution in [0.5, 0.6) is 0 Å². The Bertz CT molecular complexity index is 1900. The first kappa shape index (κ1) is 41.6. The highest BCUT2D eigenvalue weighted by molar-refractivity contribution is 6.31. The van der Waals surface area contributed by atoms with Crippen molar-refractivity contribution in [3.8, 4) is 0 Å². The Morgan fingerprint density at radius 2 is 1.64 bits per heavy atom. The molecule has 1 saturated heterocycles. The second-order valence-corrected chi connectivity index (χ2v) is 13.3. The summed E-state index contributed by atoms with van der Waals surface area (Å²) in [5.74, 6) is -0.656. The van der Waals surface area contributed by atoms with E-state index in [1.807, 2.05) is 18.3 Å². The molecule has 294 valence electrons. The summed E-state index contributed by atoms with van der Waals surface area (Å²) in [6.45, 7) is 4.82. The van der Waals surface area contributed by atoms with Crippen LogP contribution in [0, 0.1) is 0 Å². The zero-order valence-corrected chi connectivity index (χ0v) is 31.5. The van der Waals surface area contributed by atoms with Crippen LogP contribution in [0.2, 0.25) is 5.02 Å². The van der Waals surface area contributed by atoms with E-state index in [4.69, 9.17) is 37.4 Å². The van der Waals surface area contributed by atoms with Crippen LogP contribution in [0.25, 0.3) is 0 Å². The molecule has 0 unspecified atom stereocenters. The van der Waals surface area contributed by atoms with Gasteiger partial charge in [-0.05, 0) is 72.9 Å². The van der Waals surface area contributed by atoms with Crippen LogP contribution in [0.4, 0.5) is 24.5 Å². The largest absolute Gasteiger partial charge is 0.417 e. The number of aromatic nitrogens is 3. The maximum Gasteiger partial charge on any atom is 0.417 e. The summed E-state index contributed by atoms with van der Waals surface area (Å²) >= 11 is 11.3. The van der Waals surface area contributed by atoms with Gasteiger partial charge in [-0.3, -0.25) is 9.59 Å². The highest BCUT2D eigenvalue weighted by atomic mass is 35.5. The number of amides is 2. The third-order valence-electron chi connectivity index (χ3n) is 8.48. The number of hydrogen-bond acceptors (Lipinski definition) is 9. The van der Waals surface area contributed by atoms with E-state index < -0.39 is 28.6 Å². The first-order valence-corrected chi connectivity index (χ1v) is 18.7. The first-order chi connectivity index (χ1) is 26.6. The number of hydrazone groups is 1. The molecule has 0 spiro atoms. The second kappa shape index (κ2) is 20.9. The van der Waals surface area contributed by atoms with Crippen molar-refractivity contribution in [3.05, 3.63) is 105 Å². The molecule has 0 radical (unpaired) electrons. The molecule has 0 saturated carbocycles. The molecule has 1 fully saturated rings. The number of piperidine rings is 1. The monoisotopic (exact) mass is 803 g/mol. The number of benzene rings is 3. The predicted octanol–water partition coefficient (Wildman–Crippen LogP) is 6.84. The van der Waals surface area contributed by atoms with E-state index in [1.54, 1.807) is 35.0 Å². The Labute approximate surface area is 326 Å². The first-order valence-electron chi connectivity index (χ1n) is 17.8. The van der Waals surface area contributed by atoms with E-state index in [0.29, 0.717) is 64.1 Å². The van der Waals surface area contributed by atoms with Crippen LogP contribution in [-0.4, -0.2) is 91.6 Å². The SMILES string of the molecule is O=C(Nc1ccc(N2CCCCC2)cc1C(=O)N/N=C\c1ccc(Cl)c(C(F)(F)F)c1)c1cccc(Cn2cc(CCOCCOCCOCCCl)nn2)c1. The van der Waals surface area contributed by atoms with Crippen molar-refractivity contribution < 1.29 is 37.0 Å². The quantitative estimate of drug-likeness (QED) is 0.0457. The van der Waals surface area contributed by atoms with Crippen molar-refractivity contribution in [3.63, 3.8) is 0 Å². The van der Waals surface area contributed by atoms with Gasteiger partial charge in [0.2, 0.25) is 0 Å². The van der Waals surface area contributed by atoms with Crippen LogP contribution in [0.15, 0.2) is 72.0 Å². The zero-order chi connectivity index (χ0) is 39.0. The van der Waals surface area contributed by atoms with Crippen LogP contribution < -0.4 is 15.6 Å². The third-order valence-corrected chi connectivity index (χ3v) is 8.96. The average molecular weight is 805 g/mol. The lowest BCUT2D eigenvalue weighted by Gasteiger charge is -2.29. The predicted molar refractivity (Wildman–Crippen MR) is 204 cm³/mol. The summed E-state index contributed by atoms with van der Waals surface area (Å²) in [4.78, 5) is 29.2. The molecule has 1 aromatic heterocycles. The number of carbonyl (C=O) groups is 2. The van der Waals surface area contributed by atoms with E-state index in [0.717, 1.165) is 67.6 Å². The van der Waals surface area contributed by atoms with Gasteiger partial charge in [0.1, 0.15) is 0 Å². The van der Waals surface area contributed by atoms with E-state index >= 15 is 0 Å².